The number of primary amides is 1. The maximum Gasteiger partial charge on any atom is 0.225 e. The van der Waals surface area contributed by atoms with Crippen molar-refractivity contribution in [3.05, 3.63) is 12.4 Å². The van der Waals surface area contributed by atoms with Crippen molar-refractivity contribution in [3.8, 4) is 0 Å². The van der Waals surface area contributed by atoms with Crippen molar-refractivity contribution >= 4 is 5.91 Å². The third-order valence-electron chi connectivity index (χ3n) is 2.49. The molecule has 0 radical (unpaired) electrons. The molecule has 0 atom stereocenters. The number of nitrogens with one attached hydrogen (secondary N) is 1. The Morgan fingerprint density at radius 2 is 2.08 bits per heavy atom. The fourth-order valence-corrected chi connectivity index (χ4v) is 1.40. The Kier molecular flexibility index (Phi) is 2.26. The van der Waals surface area contributed by atoms with Gasteiger partial charge in [0.05, 0.1) is 11.2 Å². The lowest BCUT2D eigenvalue weighted by molar-refractivity contribution is -0.132. The molecule has 68 valence electrons. The molecule has 0 spiro atoms. The fraction of sp³-hybridized carbons (Fsp3) is 0.625. The monoisotopic (exact) mass is 169 g/mol. The minimum atomic E-state index is -0.359. The van der Waals surface area contributed by atoms with Crippen LogP contribution in [0.25, 0.3) is 0 Å². The van der Waals surface area contributed by atoms with Gasteiger partial charge in [-0.1, -0.05) is 13.0 Å². The van der Waals surface area contributed by atoms with Gasteiger partial charge in [-0.3, -0.25) is 4.79 Å². The summed E-state index contributed by atoms with van der Waals surface area (Å²) in [6.45, 7) is 4.02. The van der Waals surface area contributed by atoms with Gasteiger partial charge in [-0.2, -0.15) is 0 Å². The molecule has 1 aliphatic rings. The third-order valence-corrected chi connectivity index (χ3v) is 2.49. The highest BCUT2D eigenvalue weighted by molar-refractivity contribution is 5.82. The minimum Gasteiger partial charge on any atom is -0.386 e. The van der Waals surface area contributed by atoms with Crippen LogP contribution in [-0.4, -0.2) is 12.5 Å². The molecule has 0 heterocycles. The van der Waals surface area contributed by atoms with Gasteiger partial charge >= 0.3 is 0 Å². The number of hydrogen-bond acceptors (Lipinski definition) is 3. The predicted octanol–water partition coefficient (Wildman–Crippen LogP) is -0.339. The summed E-state index contributed by atoms with van der Waals surface area (Å²) in [5.74, 6) is 0.157. The molecule has 0 aliphatic heterocycles. The van der Waals surface area contributed by atoms with Crippen molar-refractivity contribution in [2.45, 2.75) is 19.3 Å². The molecule has 1 fully saturated rings. The van der Waals surface area contributed by atoms with Crippen LogP contribution in [0.4, 0.5) is 0 Å². The zero-order chi connectivity index (χ0) is 9.19. The minimum absolute atomic E-state index is 0.234. The Balaban J connectivity index is 2.45. The zero-order valence-corrected chi connectivity index (χ0v) is 7.10. The lowest BCUT2D eigenvalue weighted by atomic mass is 9.68. The summed E-state index contributed by atoms with van der Waals surface area (Å²) in [5.41, 5.74) is 10.2. The highest BCUT2D eigenvalue weighted by atomic mass is 16.1. The van der Waals surface area contributed by atoms with Crippen LogP contribution in [-0.2, 0) is 4.79 Å². The van der Waals surface area contributed by atoms with Crippen molar-refractivity contribution in [1.82, 2.24) is 5.32 Å². The Bertz CT molecular complexity index is 208. The Morgan fingerprint density at radius 3 is 2.33 bits per heavy atom. The normalized spacial score (nSPS) is 19.3. The zero-order valence-electron chi connectivity index (χ0n) is 7.10. The highest BCUT2D eigenvalue weighted by Gasteiger charge is 2.42. The van der Waals surface area contributed by atoms with Crippen molar-refractivity contribution < 1.29 is 4.79 Å². The van der Waals surface area contributed by atoms with Crippen LogP contribution in [0.2, 0.25) is 0 Å². The van der Waals surface area contributed by atoms with Crippen molar-refractivity contribution in [3.63, 3.8) is 0 Å². The molecule has 5 N–H and O–H groups in total. The SMILES string of the molecule is C=C(N)NCC1(C(N)=O)CCC1. The molecule has 4 nitrogen and oxygen atoms in total. The van der Waals surface area contributed by atoms with Gasteiger partial charge in [-0.15, -0.1) is 0 Å². The molecule has 0 aromatic carbocycles. The van der Waals surface area contributed by atoms with Crippen LogP contribution < -0.4 is 16.8 Å². The largest absolute Gasteiger partial charge is 0.386 e. The molecule has 1 aliphatic carbocycles. The van der Waals surface area contributed by atoms with E-state index >= 15 is 0 Å². The number of carbonyl (C=O) groups is 1. The molecule has 0 saturated heterocycles. The summed E-state index contributed by atoms with van der Waals surface area (Å²) in [6, 6.07) is 0. The molecule has 0 aromatic heterocycles. The van der Waals surface area contributed by atoms with Gasteiger partial charge in [0.25, 0.3) is 0 Å². The molecule has 0 aromatic rings. The van der Waals surface area contributed by atoms with E-state index < -0.39 is 0 Å². The lowest BCUT2D eigenvalue weighted by Gasteiger charge is -2.38. The van der Waals surface area contributed by atoms with Gasteiger partial charge in [-0.05, 0) is 12.8 Å². The second-order valence-corrected chi connectivity index (χ2v) is 3.38. The van der Waals surface area contributed by atoms with E-state index in [-0.39, 0.29) is 11.3 Å². The molecule has 12 heavy (non-hydrogen) atoms. The average molecular weight is 169 g/mol. The topological polar surface area (TPSA) is 81.1 Å². The molecule has 0 bridgehead atoms. The quantitative estimate of drug-likeness (QED) is 0.538. The van der Waals surface area contributed by atoms with E-state index in [9.17, 15) is 4.79 Å². The summed E-state index contributed by atoms with van der Waals surface area (Å²) in [7, 11) is 0. The smallest absolute Gasteiger partial charge is 0.225 e. The highest BCUT2D eigenvalue weighted by Crippen LogP contribution is 2.39. The first-order chi connectivity index (χ1) is 5.57. The van der Waals surface area contributed by atoms with E-state index in [1.54, 1.807) is 0 Å². The Hall–Kier alpha value is -1.19. The first-order valence-corrected chi connectivity index (χ1v) is 4.05. The molecular formula is C8H15N3O. The fourth-order valence-electron chi connectivity index (χ4n) is 1.40. The second-order valence-electron chi connectivity index (χ2n) is 3.38. The van der Waals surface area contributed by atoms with Gasteiger partial charge in [0, 0.05) is 6.54 Å². The maximum absolute atomic E-state index is 11.0. The molecule has 1 rings (SSSR count). The lowest BCUT2D eigenvalue weighted by Crippen LogP contribution is -2.49. The van der Waals surface area contributed by atoms with Crippen LogP contribution in [0, 0.1) is 5.41 Å². The Labute approximate surface area is 72.0 Å². The predicted molar refractivity (Wildman–Crippen MR) is 46.8 cm³/mol. The molecule has 0 unspecified atom stereocenters. The van der Waals surface area contributed by atoms with Crippen LogP contribution in [0.5, 0.6) is 0 Å². The Morgan fingerprint density at radius 1 is 1.50 bits per heavy atom. The van der Waals surface area contributed by atoms with Crippen LogP contribution in [0.3, 0.4) is 0 Å². The number of hydrogen-bond donors (Lipinski definition) is 3. The summed E-state index contributed by atoms with van der Waals surface area (Å²) >= 11 is 0. The van der Waals surface area contributed by atoms with E-state index in [4.69, 9.17) is 11.5 Å². The van der Waals surface area contributed by atoms with E-state index in [2.05, 4.69) is 11.9 Å². The average Bonchev–Trinajstić information content (AvgIpc) is 1.83. The third kappa shape index (κ3) is 1.52. The standard InChI is InChI=1S/C8H15N3O/c1-6(9)11-5-8(7(10)12)3-2-4-8/h11H,1-5,9H2,(H2,10,12). The summed E-state index contributed by atoms with van der Waals surface area (Å²) in [4.78, 5) is 11.0. The van der Waals surface area contributed by atoms with Crippen LogP contribution >= 0.6 is 0 Å². The first-order valence-electron chi connectivity index (χ1n) is 4.05. The molecular weight excluding hydrogens is 154 g/mol. The second kappa shape index (κ2) is 3.05. The van der Waals surface area contributed by atoms with E-state index in [1.807, 2.05) is 0 Å². The molecule has 4 heteroatoms. The first kappa shape index (κ1) is 8.90. The van der Waals surface area contributed by atoms with Crippen LogP contribution in [0.1, 0.15) is 19.3 Å². The number of carbonyl (C=O) groups excluding carboxylic acids is 1. The van der Waals surface area contributed by atoms with Gasteiger partial charge in [0.15, 0.2) is 0 Å². The van der Waals surface area contributed by atoms with E-state index in [1.165, 1.54) is 0 Å². The van der Waals surface area contributed by atoms with Crippen molar-refractivity contribution in [2.24, 2.45) is 16.9 Å². The van der Waals surface area contributed by atoms with Gasteiger partial charge in [-0.25, -0.2) is 0 Å². The van der Waals surface area contributed by atoms with Crippen LogP contribution in [0.15, 0.2) is 12.4 Å². The number of rotatable bonds is 4. The summed E-state index contributed by atoms with van der Waals surface area (Å²) < 4.78 is 0. The number of nitrogens with two attached hydrogens (primary N) is 2. The van der Waals surface area contributed by atoms with E-state index in [0.717, 1.165) is 19.3 Å². The van der Waals surface area contributed by atoms with Gasteiger partial charge in [0.1, 0.15) is 0 Å². The summed E-state index contributed by atoms with van der Waals surface area (Å²) in [6.07, 6.45) is 2.80. The van der Waals surface area contributed by atoms with Crippen molar-refractivity contribution in [2.75, 3.05) is 6.54 Å². The van der Waals surface area contributed by atoms with Crippen molar-refractivity contribution in [1.29, 1.82) is 0 Å². The molecule has 1 saturated carbocycles. The van der Waals surface area contributed by atoms with Gasteiger partial charge < -0.3 is 16.8 Å². The molecule has 1 amide bonds. The van der Waals surface area contributed by atoms with Gasteiger partial charge in [0.2, 0.25) is 5.91 Å². The number of amides is 1. The summed E-state index contributed by atoms with van der Waals surface area (Å²) in [5, 5.41) is 2.85. The maximum atomic E-state index is 11.0. The van der Waals surface area contributed by atoms with E-state index in [0.29, 0.717) is 12.4 Å².